The Bertz CT molecular complexity index is 803. The number of nitrogens with one attached hydrogen (secondary N) is 1. The summed E-state index contributed by atoms with van der Waals surface area (Å²) in [6, 6.07) is 8.63. The zero-order valence-electron chi connectivity index (χ0n) is 14.4. The molecule has 1 heterocycles. The second-order valence-electron chi connectivity index (χ2n) is 6.43. The lowest BCUT2D eigenvalue weighted by atomic mass is 10.2. The Kier molecular flexibility index (Phi) is 5.58. The van der Waals surface area contributed by atoms with Gasteiger partial charge >= 0.3 is 5.97 Å². The van der Waals surface area contributed by atoms with Gasteiger partial charge in [0.2, 0.25) is 5.91 Å². The number of hydrogen-bond donors (Lipinski definition) is 2. The lowest BCUT2D eigenvalue weighted by Gasteiger charge is -2.25. The number of rotatable bonds is 8. The fraction of sp³-hybridized carbons (Fsp3) is 0.389. The van der Waals surface area contributed by atoms with Crippen LogP contribution < -0.4 is 5.32 Å². The van der Waals surface area contributed by atoms with Gasteiger partial charge < -0.3 is 10.4 Å². The van der Waals surface area contributed by atoms with Crippen LogP contribution in [0.2, 0.25) is 5.02 Å². The molecule has 8 heteroatoms. The van der Waals surface area contributed by atoms with Gasteiger partial charge in [-0.3, -0.25) is 14.5 Å². The van der Waals surface area contributed by atoms with Crippen molar-refractivity contribution in [2.45, 2.75) is 38.4 Å². The van der Waals surface area contributed by atoms with E-state index in [2.05, 4.69) is 10.4 Å². The molecule has 138 valence electrons. The molecule has 0 saturated heterocycles. The number of halogens is 1. The van der Waals surface area contributed by atoms with E-state index in [1.165, 1.54) is 0 Å². The second kappa shape index (κ2) is 7.88. The van der Waals surface area contributed by atoms with Crippen LogP contribution >= 0.6 is 11.6 Å². The van der Waals surface area contributed by atoms with E-state index >= 15 is 0 Å². The number of carbonyl (C=O) groups excluding carboxylic acids is 1. The summed E-state index contributed by atoms with van der Waals surface area (Å²) in [4.78, 5) is 25.4. The van der Waals surface area contributed by atoms with Gasteiger partial charge in [0.1, 0.15) is 11.9 Å². The molecule has 1 atom stereocenters. The first kappa shape index (κ1) is 18.4. The maximum Gasteiger partial charge on any atom is 0.320 e. The second-order valence-corrected chi connectivity index (χ2v) is 6.84. The molecule has 0 bridgehead atoms. The number of carboxylic acid groups (broad SMARTS) is 1. The van der Waals surface area contributed by atoms with Crippen molar-refractivity contribution in [1.29, 1.82) is 0 Å². The van der Waals surface area contributed by atoms with Gasteiger partial charge in [0, 0.05) is 17.1 Å². The van der Waals surface area contributed by atoms with Crippen molar-refractivity contribution < 1.29 is 14.7 Å². The van der Waals surface area contributed by atoms with Crippen LogP contribution in [-0.2, 0) is 16.1 Å². The summed E-state index contributed by atoms with van der Waals surface area (Å²) in [5.74, 6) is -0.631. The predicted octanol–water partition coefficient (Wildman–Crippen LogP) is 2.46. The van der Waals surface area contributed by atoms with Crippen LogP contribution in [0.25, 0.3) is 0 Å². The SMILES string of the molecule is CC(C(=O)O)N(CC(=O)Nc1ccnn1Cc1ccccc1Cl)C1CC1. The summed E-state index contributed by atoms with van der Waals surface area (Å²) in [6.07, 6.45) is 3.45. The number of carboxylic acids is 1. The van der Waals surface area contributed by atoms with Crippen molar-refractivity contribution >= 4 is 29.3 Å². The highest BCUT2D eigenvalue weighted by Gasteiger charge is 2.36. The van der Waals surface area contributed by atoms with E-state index in [1.807, 2.05) is 18.2 Å². The molecule has 1 unspecified atom stereocenters. The summed E-state index contributed by atoms with van der Waals surface area (Å²) < 4.78 is 1.65. The Labute approximate surface area is 156 Å². The summed E-state index contributed by atoms with van der Waals surface area (Å²) in [5.41, 5.74) is 0.896. The van der Waals surface area contributed by atoms with Gasteiger partial charge in [0.05, 0.1) is 19.3 Å². The van der Waals surface area contributed by atoms with Gasteiger partial charge in [-0.05, 0) is 31.4 Å². The topological polar surface area (TPSA) is 87.5 Å². The van der Waals surface area contributed by atoms with Gasteiger partial charge in [-0.1, -0.05) is 29.8 Å². The van der Waals surface area contributed by atoms with E-state index in [9.17, 15) is 14.7 Å². The highest BCUT2D eigenvalue weighted by molar-refractivity contribution is 6.31. The molecule has 1 amide bonds. The van der Waals surface area contributed by atoms with Gasteiger partial charge in [-0.25, -0.2) is 4.68 Å². The van der Waals surface area contributed by atoms with Crippen molar-refractivity contribution in [2.24, 2.45) is 0 Å². The molecule has 1 aliphatic rings. The molecule has 1 aromatic heterocycles. The minimum atomic E-state index is -0.923. The van der Waals surface area contributed by atoms with Gasteiger partial charge in [-0.2, -0.15) is 5.10 Å². The van der Waals surface area contributed by atoms with Gasteiger partial charge in [0.15, 0.2) is 0 Å². The molecular weight excluding hydrogens is 356 g/mol. The monoisotopic (exact) mass is 376 g/mol. The van der Waals surface area contributed by atoms with E-state index in [-0.39, 0.29) is 18.5 Å². The van der Waals surface area contributed by atoms with Crippen molar-refractivity contribution in [3.63, 3.8) is 0 Å². The van der Waals surface area contributed by atoms with Crippen LogP contribution in [0.5, 0.6) is 0 Å². The number of aliphatic carboxylic acids is 1. The van der Waals surface area contributed by atoms with Crippen LogP contribution in [-0.4, -0.2) is 50.3 Å². The van der Waals surface area contributed by atoms with Crippen LogP contribution in [0, 0.1) is 0 Å². The first-order valence-corrected chi connectivity index (χ1v) is 8.87. The molecule has 1 fully saturated rings. The minimum Gasteiger partial charge on any atom is -0.480 e. The molecule has 2 aromatic rings. The number of amides is 1. The van der Waals surface area contributed by atoms with Crippen molar-refractivity contribution in [2.75, 3.05) is 11.9 Å². The predicted molar refractivity (Wildman–Crippen MR) is 98.2 cm³/mol. The number of benzene rings is 1. The fourth-order valence-corrected chi connectivity index (χ4v) is 3.03. The normalized spacial score (nSPS) is 15.0. The Morgan fingerprint density at radius 1 is 1.38 bits per heavy atom. The van der Waals surface area contributed by atoms with E-state index < -0.39 is 12.0 Å². The van der Waals surface area contributed by atoms with E-state index in [1.54, 1.807) is 34.8 Å². The lowest BCUT2D eigenvalue weighted by Crippen LogP contribution is -2.45. The first-order valence-electron chi connectivity index (χ1n) is 8.49. The third kappa shape index (κ3) is 4.42. The average molecular weight is 377 g/mol. The molecular formula is C18H21ClN4O3. The zero-order chi connectivity index (χ0) is 18.7. The maximum absolute atomic E-state index is 12.4. The molecule has 1 aromatic carbocycles. The Morgan fingerprint density at radius 2 is 2.12 bits per heavy atom. The molecule has 7 nitrogen and oxygen atoms in total. The summed E-state index contributed by atoms with van der Waals surface area (Å²) in [6.45, 7) is 2.07. The summed E-state index contributed by atoms with van der Waals surface area (Å²) in [5, 5.41) is 16.9. The standard InChI is InChI=1S/C18H21ClN4O3/c1-12(18(25)26)22(14-6-7-14)11-17(24)21-16-8-9-20-23(16)10-13-4-2-3-5-15(13)19/h2-5,8-9,12,14H,6-7,10-11H2,1H3,(H,21,24)(H,25,26). The molecule has 0 aliphatic heterocycles. The third-order valence-corrected chi connectivity index (χ3v) is 4.83. The van der Waals surface area contributed by atoms with Crippen LogP contribution in [0.3, 0.4) is 0 Å². The largest absolute Gasteiger partial charge is 0.480 e. The van der Waals surface area contributed by atoms with E-state index in [4.69, 9.17) is 11.6 Å². The molecule has 26 heavy (non-hydrogen) atoms. The van der Waals surface area contributed by atoms with Crippen molar-refractivity contribution in [3.05, 3.63) is 47.1 Å². The number of hydrogen-bond acceptors (Lipinski definition) is 4. The number of nitrogens with zero attached hydrogens (tertiary/aromatic N) is 3. The molecule has 0 spiro atoms. The molecule has 0 radical (unpaired) electrons. The minimum absolute atomic E-state index is 0.0371. The molecule has 3 rings (SSSR count). The fourth-order valence-electron chi connectivity index (χ4n) is 2.83. The summed E-state index contributed by atoms with van der Waals surface area (Å²) in [7, 11) is 0. The smallest absolute Gasteiger partial charge is 0.320 e. The maximum atomic E-state index is 12.4. The first-order chi connectivity index (χ1) is 12.5. The zero-order valence-corrected chi connectivity index (χ0v) is 15.2. The van der Waals surface area contributed by atoms with Gasteiger partial charge in [0.25, 0.3) is 0 Å². The van der Waals surface area contributed by atoms with Crippen LogP contribution in [0.4, 0.5) is 5.82 Å². The molecule has 2 N–H and O–H groups in total. The third-order valence-electron chi connectivity index (χ3n) is 4.46. The highest BCUT2D eigenvalue weighted by Crippen LogP contribution is 2.28. The Balaban J connectivity index is 1.66. The quantitative estimate of drug-likeness (QED) is 0.739. The van der Waals surface area contributed by atoms with E-state index in [0.717, 1.165) is 18.4 Å². The lowest BCUT2D eigenvalue weighted by molar-refractivity contribution is -0.143. The van der Waals surface area contributed by atoms with Crippen LogP contribution in [0.15, 0.2) is 36.5 Å². The van der Waals surface area contributed by atoms with Crippen molar-refractivity contribution in [1.82, 2.24) is 14.7 Å². The molecule has 1 aliphatic carbocycles. The number of carbonyl (C=O) groups is 2. The number of aromatic nitrogens is 2. The van der Waals surface area contributed by atoms with Crippen LogP contribution in [0.1, 0.15) is 25.3 Å². The van der Waals surface area contributed by atoms with Crippen molar-refractivity contribution in [3.8, 4) is 0 Å². The average Bonchev–Trinajstić information content (AvgIpc) is 3.36. The Hall–Kier alpha value is -2.38. The van der Waals surface area contributed by atoms with Gasteiger partial charge in [-0.15, -0.1) is 0 Å². The Morgan fingerprint density at radius 3 is 2.77 bits per heavy atom. The summed E-state index contributed by atoms with van der Waals surface area (Å²) >= 11 is 6.18. The van der Waals surface area contributed by atoms with E-state index in [0.29, 0.717) is 17.4 Å². The highest BCUT2D eigenvalue weighted by atomic mass is 35.5. The molecule has 1 saturated carbocycles. The number of anilines is 1.